The van der Waals surface area contributed by atoms with E-state index in [4.69, 9.17) is 15.5 Å². The molecule has 0 atom stereocenters. The fourth-order valence-electron chi connectivity index (χ4n) is 5.20. The minimum absolute atomic E-state index is 0.132. The van der Waals surface area contributed by atoms with Crippen LogP contribution in [0, 0.1) is 22.7 Å². The normalized spacial score (nSPS) is 22.2. The van der Waals surface area contributed by atoms with Gasteiger partial charge >= 0.3 is 0 Å². The van der Waals surface area contributed by atoms with Crippen molar-refractivity contribution in [2.45, 2.75) is 76.3 Å². The Morgan fingerprint density at radius 1 is 1.21 bits per heavy atom. The van der Waals surface area contributed by atoms with Crippen LogP contribution < -0.4 is 0 Å². The van der Waals surface area contributed by atoms with Crippen molar-refractivity contribution < 1.29 is 0 Å². The number of allylic oxidation sites excluding steroid dienone is 1. The van der Waals surface area contributed by atoms with Gasteiger partial charge < -0.3 is 4.90 Å². The summed E-state index contributed by atoms with van der Waals surface area (Å²) in [5.74, 6) is 1.18. The van der Waals surface area contributed by atoms with Crippen LogP contribution in [-0.4, -0.2) is 27.4 Å². The summed E-state index contributed by atoms with van der Waals surface area (Å²) in [5, 5.41) is 19.3. The number of amidine groups is 1. The Balaban J connectivity index is 1.68. The van der Waals surface area contributed by atoms with Gasteiger partial charge in [0.15, 0.2) is 5.17 Å². The van der Waals surface area contributed by atoms with Gasteiger partial charge in [0.25, 0.3) is 0 Å². The molecule has 1 saturated heterocycles. The van der Waals surface area contributed by atoms with Crippen molar-refractivity contribution in [3.05, 3.63) is 34.9 Å². The number of thioether (sulfide) groups is 1. The van der Waals surface area contributed by atoms with Gasteiger partial charge in [-0.3, -0.25) is 0 Å². The molecule has 4 rings (SSSR count). The molecule has 0 amide bonds. The summed E-state index contributed by atoms with van der Waals surface area (Å²) >= 11 is 1.95. The van der Waals surface area contributed by atoms with Gasteiger partial charge in [0.05, 0.1) is 11.2 Å². The van der Waals surface area contributed by atoms with Crippen LogP contribution in [0.1, 0.15) is 69.4 Å². The van der Waals surface area contributed by atoms with Crippen LogP contribution in [0.2, 0.25) is 0 Å². The zero-order chi connectivity index (χ0) is 20.3. The molecular weight excluding hydrogens is 376 g/mol. The molecule has 3 fully saturated rings. The second-order valence-corrected chi connectivity index (χ2v) is 9.39. The molecule has 150 valence electrons. The second-order valence-electron chi connectivity index (χ2n) is 8.45. The Hall–Kier alpha value is -2.24. The van der Waals surface area contributed by atoms with Crippen molar-refractivity contribution in [2.75, 3.05) is 5.75 Å². The summed E-state index contributed by atoms with van der Waals surface area (Å²) in [5.41, 5.74) is 3.56. The molecule has 2 saturated carbocycles. The first-order valence-electron chi connectivity index (χ1n) is 10.8. The minimum Gasteiger partial charge on any atom is -0.342 e. The summed E-state index contributed by atoms with van der Waals surface area (Å²) in [7, 11) is 0. The molecule has 1 aromatic carbocycles. The molecule has 1 aromatic rings. The molecule has 5 heteroatoms. The molecule has 1 heterocycles. The Kier molecular flexibility index (Phi) is 5.97. The lowest BCUT2D eigenvalue weighted by Gasteiger charge is -2.40. The fourth-order valence-corrected chi connectivity index (χ4v) is 6.67. The van der Waals surface area contributed by atoms with Crippen LogP contribution in [0.4, 0.5) is 5.69 Å². The van der Waals surface area contributed by atoms with Gasteiger partial charge in [0.2, 0.25) is 0 Å². The monoisotopic (exact) mass is 404 g/mol. The van der Waals surface area contributed by atoms with Crippen molar-refractivity contribution in [2.24, 2.45) is 4.99 Å². The first kappa shape index (κ1) is 20.0. The maximum Gasteiger partial charge on any atom is 0.165 e. The van der Waals surface area contributed by atoms with Crippen LogP contribution in [0.3, 0.4) is 0 Å². The van der Waals surface area contributed by atoms with E-state index in [2.05, 4.69) is 24.0 Å². The van der Waals surface area contributed by atoms with Crippen molar-refractivity contribution in [1.29, 1.82) is 10.5 Å². The smallest absolute Gasteiger partial charge is 0.165 e. The predicted octanol–water partition coefficient (Wildman–Crippen LogP) is 5.97. The Bertz CT molecular complexity index is 890. The van der Waals surface area contributed by atoms with Crippen LogP contribution in [0.5, 0.6) is 0 Å². The molecule has 2 aliphatic carbocycles. The SMILES string of the molecule is CCc1cc(C=C(C#N)C#N)ccc1N=C1SCC2(CCCC2)N1C1CCCC1. The Morgan fingerprint density at radius 3 is 2.59 bits per heavy atom. The van der Waals surface area contributed by atoms with Crippen molar-refractivity contribution >= 4 is 28.7 Å². The number of rotatable bonds is 4. The van der Waals surface area contributed by atoms with E-state index in [1.807, 2.05) is 30.0 Å². The van der Waals surface area contributed by atoms with E-state index in [9.17, 15) is 0 Å². The van der Waals surface area contributed by atoms with Gasteiger partial charge in [-0.05, 0) is 61.4 Å². The highest BCUT2D eigenvalue weighted by atomic mass is 32.2. The quantitative estimate of drug-likeness (QED) is 0.580. The topological polar surface area (TPSA) is 63.2 Å². The highest BCUT2D eigenvalue weighted by Crippen LogP contribution is 2.48. The second kappa shape index (κ2) is 8.64. The zero-order valence-corrected chi connectivity index (χ0v) is 18.0. The third kappa shape index (κ3) is 3.94. The third-order valence-corrected chi connectivity index (χ3v) is 7.89. The van der Waals surface area contributed by atoms with Crippen LogP contribution >= 0.6 is 11.8 Å². The molecule has 1 aliphatic heterocycles. The van der Waals surface area contributed by atoms with E-state index in [0.29, 0.717) is 11.6 Å². The van der Waals surface area contributed by atoms with Crippen LogP contribution in [-0.2, 0) is 6.42 Å². The highest BCUT2D eigenvalue weighted by Gasteiger charge is 2.49. The van der Waals surface area contributed by atoms with E-state index in [1.165, 1.54) is 67.9 Å². The van der Waals surface area contributed by atoms with E-state index in [-0.39, 0.29) is 5.57 Å². The van der Waals surface area contributed by atoms with Gasteiger partial charge in [0.1, 0.15) is 17.7 Å². The molecular formula is C24H28N4S. The summed E-state index contributed by atoms with van der Waals surface area (Å²) in [6, 6.07) is 10.6. The standard InChI is InChI=1S/C24H28N4S/c1-2-20-14-18(13-19(15-25)16-26)9-10-22(20)27-23-28(21-7-3-4-8-21)24(17-29-23)11-5-6-12-24/h9-10,13-14,21H,2-8,11-12,17H2,1H3. The molecule has 0 radical (unpaired) electrons. The number of nitriles is 2. The lowest BCUT2D eigenvalue weighted by atomic mass is 9.95. The summed E-state index contributed by atoms with van der Waals surface area (Å²) in [6.07, 6.45) is 13.1. The van der Waals surface area contributed by atoms with E-state index in [1.54, 1.807) is 6.08 Å². The number of hydrogen-bond acceptors (Lipinski definition) is 4. The lowest BCUT2D eigenvalue weighted by Crippen LogP contribution is -2.50. The lowest BCUT2D eigenvalue weighted by molar-refractivity contribution is 0.163. The van der Waals surface area contributed by atoms with Crippen molar-refractivity contribution in [1.82, 2.24) is 4.90 Å². The first-order chi connectivity index (χ1) is 14.2. The molecule has 4 nitrogen and oxygen atoms in total. The van der Waals surface area contributed by atoms with Gasteiger partial charge in [-0.15, -0.1) is 0 Å². The van der Waals surface area contributed by atoms with Crippen molar-refractivity contribution in [3.8, 4) is 12.1 Å². The zero-order valence-electron chi connectivity index (χ0n) is 17.2. The van der Waals surface area contributed by atoms with E-state index in [0.717, 1.165) is 17.7 Å². The molecule has 0 bridgehead atoms. The molecule has 3 aliphatic rings. The van der Waals surface area contributed by atoms with Gasteiger partial charge in [-0.25, -0.2) is 4.99 Å². The van der Waals surface area contributed by atoms with Gasteiger partial charge in [-0.2, -0.15) is 10.5 Å². The average Bonchev–Trinajstić information content (AvgIpc) is 3.50. The van der Waals surface area contributed by atoms with E-state index < -0.39 is 0 Å². The maximum atomic E-state index is 9.02. The number of hydrogen-bond donors (Lipinski definition) is 0. The number of benzene rings is 1. The predicted molar refractivity (Wildman–Crippen MR) is 120 cm³/mol. The number of aliphatic imine (C=N–C) groups is 1. The molecule has 0 unspecified atom stereocenters. The Morgan fingerprint density at radius 2 is 1.93 bits per heavy atom. The van der Waals surface area contributed by atoms with Gasteiger partial charge in [0, 0.05) is 11.8 Å². The Labute approximate surface area is 178 Å². The minimum atomic E-state index is 0.132. The van der Waals surface area contributed by atoms with Crippen LogP contribution in [0.25, 0.3) is 6.08 Å². The molecule has 29 heavy (non-hydrogen) atoms. The van der Waals surface area contributed by atoms with E-state index >= 15 is 0 Å². The molecule has 0 N–H and O–H groups in total. The van der Waals surface area contributed by atoms with Gasteiger partial charge in [-0.1, -0.05) is 50.4 Å². The molecule has 0 aromatic heterocycles. The van der Waals surface area contributed by atoms with Crippen molar-refractivity contribution in [3.63, 3.8) is 0 Å². The third-order valence-electron chi connectivity index (χ3n) is 6.66. The van der Waals surface area contributed by atoms with Crippen LogP contribution in [0.15, 0.2) is 28.8 Å². The maximum absolute atomic E-state index is 9.02. The molecule has 1 spiro atoms. The number of aryl methyl sites for hydroxylation is 1. The summed E-state index contributed by atoms with van der Waals surface area (Å²) in [6.45, 7) is 2.14. The fraction of sp³-hybridized carbons (Fsp3) is 0.542. The average molecular weight is 405 g/mol. The first-order valence-corrected chi connectivity index (χ1v) is 11.8. The largest absolute Gasteiger partial charge is 0.342 e. The summed E-state index contributed by atoms with van der Waals surface area (Å²) < 4.78 is 0. The number of nitrogens with zero attached hydrogens (tertiary/aromatic N) is 4. The summed E-state index contributed by atoms with van der Waals surface area (Å²) in [4.78, 5) is 7.92. The highest BCUT2D eigenvalue weighted by molar-refractivity contribution is 8.14.